The van der Waals surface area contributed by atoms with Crippen molar-refractivity contribution in [1.82, 2.24) is 5.32 Å². The molecule has 1 fully saturated rings. The van der Waals surface area contributed by atoms with Crippen molar-refractivity contribution < 1.29 is 9.53 Å². The molecule has 1 atom stereocenters. The number of hydrogen-bond acceptors (Lipinski definition) is 3. The van der Waals surface area contributed by atoms with Gasteiger partial charge in [0.1, 0.15) is 6.61 Å². The molecule has 0 aromatic rings. The lowest BCUT2D eigenvalue weighted by Crippen LogP contribution is -2.50. The van der Waals surface area contributed by atoms with E-state index in [4.69, 9.17) is 22.7 Å². The fourth-order valence-corrected chi connectivity index (χ4v) is 2.64. The normalized spacial score (nSPS) is 18.9. The lowest BCUT2D eigenvalue weighted by Gasteiger charge is -2.30. The molecule has 1 unspecified atom stereocenters. The first-order valence-corrected chi connectivity index (χ1v) is 7.43. The summed E-state index contributed by atoms with van der Waals surface area (Å²) in [6.45, 7) is 5.82. The average Bonchev–Trinajstić information content (AvgIpc) is 2.33. The van der Waals surface area contributed by atoms with E-state index in [1.54, 1.807) is 0 Å². The molecule has 1 saturated carbocycles. The van der Waals surface area contributed by atoms with E-state index in [0.717, 1.165) is 12.8 Å². The highest BCUT2D eigenvalue weighted by atomic mass is 32.1. The molecule has 19 heavy (non-hydrogen) atoms. The number of nitrogens with two attached hydrogens (primary N) is 1. The highest BCUT2D eigenvalue weighted by Gasteiger charge is 2.27. The molecule has 0 radical (unpaired) electrons. The van der Waals surface area contributed by atoms with Crippen LogP contribution in [0.15, 0.2) is 0 Å². The van der Waals surface area contributed by atoms with Crippen LogP contribution in [-0.2, 0) is 9.53 Å². The monoisotopic (exact) mass is 286 g/mol. The van der Waals surface area contributed by atoms with Crippen molar-refractivity contribution in [3.8, 4) is 0 Å². The van der Waals surface area contributed by atoms with Crippen LogP contribution in [0.1, 0.15) is 52.9 Å². The first-order valence-electron chi connectivity index (χ1n) is 7.02. The minimum atomic E-state index is -0.319. The molecule has 1 aliphatic rings. The van der Waals surface area contributed by atoms with Crippen molar-refractivity contribution in [3.05, 3.63) is 0 Å². The summed E-state index contributed by atoms with van der Waals surface area (Å²) >= 11 is 5.10. The second-order valence-electron chi connectivity index (χ2n) is 6.25. The molecule has 1 aliphatic carbocycles. The fraction of sp³-hybridized carbons (Fsp3) is 0.857. The third kappa shape index (κ3) is 6.34. The molecule has 5 heteroatoms. The molecule has 0 aromatic heterocycles. The lowest BCUT2D eigenvalue weighted by atomic mass is 9.84. The number of carbonyl (C=O) groups excluding carboxylic acids is 1. The average molecular weight is 286 g/mol. The van der Waals surface area contributed by atoms with Gasteiger partial charge in [0.15, 0.2) is 0 Å². The summed E-state index contributed by atoms with van der Waals surface area (Å²) in [4.78, 5) is 12.3. The van der Waals surface area contributed by atoms with Crippen molar-refractivity contribution in [3.63, 3.8) is 0 Å². The summed E-state index contributed by atoms with van der Waals surface area (Å²) in [6.07, 6.45) is 5.82. The Kier molecular flexibility index (Phi) is 6.20. The maximum absolute atomic E-state index is 11.9. The van der Waals surface area contributed by atoms with Crippen LogP contribution in [0.2, 0.25) is 0 Å². The Hall–Kier alpha value is -0.680. The standard InChI is InChI=1S/C14H26N2O2S/c1-14(2,3)18-9-11(17)16-12(13(15)19)10-7-5-4-6-8-10/h10,12H,4-9H2,1-3H3,(H2,15,19)(H,16,17). The van der Waals surface area contributed by atoms with Gasteiger partial charge in [0, 0.05) is 0 Å². The van der Waals surface area contributed by atoms with Crippen molar-refractivity contribution in [1.29, 1.82) is 0 Å². The molecule has 1 rings (SSSR count). The zero-order valence-corrected chi connectivity index (χ0v) is 13.0. The molecule has 0 bridgehead atoms. The van der Waals surface area contributed by atoms with Crippen LogP contribution in [0, 0.1) is 5.92 Å². The summed E-state index contributed by atoms with van der Waals surface area (Å²) in [7, 11) is 0. The van der Waals surface area contributed by atoms with Crippen LogP contribution < -0.4 is 11.1 Å². The second kappa shape index (κ2) is 7.20. The largest absolute Gasteiger partial charge is 0.392 e. The molecule has 1 amide bonds. The SMILES string of the molecule is CC(C)(C)OCC(=O)NC(C(N)=S)C1CCCCC1. The maximum Gasteiger partial charge on any atom is 0.246 e. The lowest BCUT2D eigenvalue weighted by molar-refractivity contribution is -0.131. The number of carbonyl (C=O) groups is 1. The molecular formula is C14H26N2O2S. The number of ether oxygens (including phenoxy) is 1. The fourth-order valence-electron chi connectivity index (χ4n) is 2.39. The van der Waals surface area contributed by atoms with E-state index in [0.29, 0.717) is 10.9 Å². The third-order valence-electron chi connectivity index (χ3n) is 3.38. The third-order valence-corrected chi connectivity index (χ3v) is 3.63. The Labute approximate surface area is 121 Å². The molecule has 110 valence electrons. The Balaban J connectivity index is 2.48. The van der Waals surface area contributed by atoms with Crippen molar-refractivity contribution in [2.75, 3.05) is 6.61 Å². The Bertz CT molecular complexity index is 320. The summed E-state index contributed by atoms with van der Waals surface area (Å²) in [5, 5.41) is 2.93. The summed E-state index contributed by atoms with van der Waals surface area (Å²) < 4.78 is 5.46. The van der Waals surface area contributed by atoms with Gasteiger partial charge in [-0.2, -0.15) is 0 Å². The molecule has 0 aliphatic heterocycles. The zero-order chi connectivity index (χ0) is 14.5. The van der Waals surface area contributed by atoms with E-state index >= 15 is 0 Å². The van der Waals surface area contributed by atoms with Gasteiger partial charge >= 0.3 is 0 Å². The van der Waals surface area contributed by atoms with E-state index in [-0.39, 0.29) is 24.2 Å². The number of hydrogen-bond donors (Lipinski definition) is 2. The van der Waals surface area contributed by atoms with E-state index in [9.17, 15) is 4.79 Å². The smallest absolute Gasteiger partial charge is 0.246 e. The molecule has 3 N–H and O–H groups in total. The quantitative estimate of drug-likeness (QED) is 0.760. The highest BCUT2D eigenvalue weighted by Crippen LogP contribution is 2.26. The van der Waals surface area contributed by atoms with Gasteiger partial charge in [0.2, 0.25) is 5.91 Å². The topological polar surface area (TPSA) is 64.3 Å². The summed E-state index contributed by atoms with van der Waals surface area (Å²) in [6, 6.07) is -0.189. The predicted molar refractivity (Wildman–Crippen MR) is 81.0 cm³/mol. The molecule has 0 spiro atoms. The number of nitrogens with one attached hydrogen (secondary N) is 1. The summed E-state index contributed by atoms with van der Waals surface area (Å²) in [5.74, 6) is 0.239. The van der Waals surface area contributed by atoms with Gasteiger partial charge in [-0.1, -0.05) is 31.5 Å². The zero-order valence-electron chi connectivity index (χ0n) is 12.2. The van der Waals surface area contributed by atoms with Crippen LogP contribution in [0.25, 0.3) is 0 Å². The van der Waals surface area contributed by atoms with Crippen LogP contribution in [0.4, 0.5) is 0 Å². The minimum Gasteiger partial charge on any atom is -0.392 e. The van der Waals surface area contributed by atoms with Crippen molar-refractivity contribution in [2.24, 2.45) is 11.7 Å². The Morgan fingerprint density at radius 2 is 1.95 bits per heavy atom. The highest BCUT2D eigenvalue weighted by molar-refractivity contribution is 7.80. The van der Waals surface area contributed by atoms with Gasteiger partial charge in [-0.15, -0.1) is 0 Å². The van der Waals surface area contributed by atoms with Crippen molar-refractivity contribution in [2.45, 2.75) is 64.5 Å². The first-order chi connectivity index (χ1) is 8.79. The van der Waals surface area contributed by atoms with Crippen LogP contribution in [0.3, 0.4) is 0 Å². The van der Waals surface area contributed by atoms with Gasteiger partial charge in [-0.05, 0) is 39.5 Å². The molecular weight excluding hydrogens is 260 g/mol. The molecule has 0 aromatic carbocycles. The maximum atomic E-state index is 11.9. The van der Waals surface area contributed by atoms with Gasteiger partial charge in [0.25, 0.3) is 0 Å². The minimum absolute atomic E-state index is 0.0509. The number of rotatable bonds is 5. The van der Waals surface area contributed by atoms with Crippen LogP contribution in [0.5, 0.6) is 0 Å². The Morgan fingerprint density at radius 3 is 2.42 bits per heavy atom. The molecule has 4 nitrogen and oxygen atoms in total. The molecule has 0 heterocycles. The predicted octanol–water partition coefficient (Wildman–Crippen LogP) is 2.15. The number of amides is 1. The van der Waals surface area contributed by atoms with E-state index < -0.39 is 0 Å². The van der Waals surface area contributed by atoms with Gasteiger partial charge < -0.3 is 15.8 Å². The second-order valence-corrected chi connectivity index (χ2v) is 6.72. The first kappa shape index (κ1) is 16.4. The van der Waals surface area contributed by atoms with E-state index in [1.807, 2.05) is 20.8 Å². The summed E-state index contributed by atoms with van der Waals surface area (Å²) in [5.41, 5.74) is 5.46. The molecule has 0 saturated heterocycles. The van der Waals surface area contributed by atoms with E-state index in [1.165, 1.54) is 19.3 Å². The number of thiocarbonyl (C=S) groups is 1. The van der Waals surface area contributed by atoms with E-state index in [2.05, 4.69) is 5.32 Å². The van der Waals surface area contributed by atoms with Gasteiger partial charge in [-0.25, -0.2) is 0 Å². The van der Waals surface area contributed by atoms with Gasteiger partial charge in [-0.3, -0.25) is 4.79 Å². The van der Waals surface area contributed by atoms with Crippen LogP contribution >= 0.6 is 12.2 Å². The van der Waals surface area contributed by atoms with Crippen molar-refractivity contribution >= 4 is 23.1 Å². The van der Waals surface area contributed by atoms with Crippen LogP contribution in [-0.4, -0.2) is 29.1 Å². The van der Waals surface area contributed by atoms with Gasteiger partial charge in [0.05, 0.1) is 16.6 Å². The Morgan fingerprint density at radius 1 is 1.37 bits per heavy atom.